The molecule has 100 valence electrons. The molecule has 1 aromatic carbocycles. The predicted octanol–water partition coefficient (Wildman–Crippen LogP) is 3.62. The summed E-state index contributed by atoms with van der Waals surface area (Å²) in [5.74, 6) is 1.84. The van der Waals surface area contributed by atoms with E-state index in [2.05, 4.69) is 24.4 Å². The molecule has 0 heterocycles. The summed E-state index contributed by atoms with van der Waals surface area (Å²) in [6, 6.07) is 10.7. The molecule has 3 atom stereocenters. The highest BCUT2D eigenvalue weighted by molar-refractivity contribution is 5.21. The van der Waals surface area contributed by atoms with Crippen molar-refractivity contribution in [2.45, 2.75) is 51.2 Å². The van der Waals surface area contributed by atoms with Crippen molar-refractivity contribution in [3.63, 3.8) is 0 Å². The van der Waals surface area contributed by atoms with E-state index < -0.39 is 0 Å². The lowest BCUT2D eigenvalue weighted by Gasteiger charge is -2.36. The van der Waals surface area contributed by atoms with Crippen molar-refractivity contribution in [1.82, 2.24) is 5.32 Å². The maximum atomic E-state index is 6.17. The Kier molecular flexibility index (Phi) is 5.06. The number of para-hydroxylation sites is 1. The first-order valence-electron chi connectivity index (χ1n) is 7.22. The minimum absolute atomic E-state index is 0.322. The number of rotatable bonds is 5. The number of hydrogen-bond donors (Lipinski definition) is 1. The second kappa shape index (κ2) is 6.79. The summed E-state index contributed by atoms with van der Waals surface area (Å²) in [6.07, 6.45) is 6.71. The van der Waals surface area contributed by atoms with Gasteiger partial charge in [0.25, 0.3) is 0 Å². The fourth-order valence-corrected chi connectivity index (χ4v) is 3.02. The van der Waals surface area contributed by atoms with Crippen LogP contribution in [0.25, 0.3) is 0 Å². The van der Waals surface area contributed by atoms with E-state index in [0.29, 0.717) is 12.1 Å². The van der Waals surface area contributed by atoms with Crippen molar-refractivity contribution in [2.24, 2.45) is 5.92 Å². The Bertz CT molecular complexity index is 338. The van der Waals surface area contributed by atoms with Crippen LogP contribution in [-0.2, 0) is 0 Å². The van der Waals surface area contributed by atoms with Crippen LogP contribution in [0.4, 0.5) is 0 Å². The largest absolute Gasteiger partial charge is 0.489 e. The summed E-state index contributed by atoms with van der Waals surface area (Å²) in [5.41, 5.74) is 0. The first-order valence-corrected chi connectivity index (χ1v) is 7.22. The van der Waals surface area contributed by atoms with E-state index in [9.17, 15) is 0 Å². The van der Waals surface area contributed by atoms with Gasteiger partial charge in [-0.3, -0.25) is 0 Å². The molecule has 0 radical (unpaired) electrons. The zero-order chi connectivity index (χ0) is 12.8. The molecule has 0 spiro atoms. The van der Waals surface area contributed by atoms with Gasteiger partial charge in [-0.2, -0.15) is 0 Å². The molecule has 0 saturated heterocycles. The van der Waals surface area contributed by atoms with E-state index in [1.807, 2.05) is 25.2 Å². The summed E-state index contributed by atoms with van der Waals surface area (Å²) in [6.45, 7) is 2.28. The van der Waals surface area contributed by atoms with E-state index >= 15 is 0 Å². The van der Waals surface area contributed by atoms with Crippen molar-refractivity contribution in [3.8, 4) is 5.75 Å². The Balaban J connectivity index is 1.98. The fraction of sp³-hybridized carbons (Fsp3) is 0.625. The van der Waals surface area contributed by atoms with Crippen LogP contribution in [0.1, 0.15) is 39.0 Å². The van der Waals surface area contributed by atoms with Crippen LogP contribution in [-0.4, -0.2) is 19.2 Å². The molecule has 1 aliphatic carbocycles. The first kappa shape index (κ1) is 13.4. The van der Waals surface area contributed by atoms with Gasteiger partial charge in [0.05, 0.1) is 0 Å². The van der Waals surface area contributed by atoms with Crippen LogP contribution in [0.15, 0.2) is 30.3 Å². The SMILES string of the molecule is CCCC1CCC(NC)C(Oc2ccccc2)C1. The molecule has 0 aliphatic heterocycles. The summed E-state index contributed by atoms with van der Waals surface area (Å²) in [5, 5.41) is 3.41. The Morgan fingerprint density at radius 3 is 2.67 bits per heavy atom. The van der Waals surface area contributed by atoms with Gasteiger partial charge in [-0.05, 0) is 44.4 Å². The highest BCUT2D eigenvalue weighted by Crippen LogP contribution is 2.30. The van der Waals surface area contributed by atoms with Crippen molar-refractivity contribution < 1.29 is 4.74 Å². The Morgan fingerprint density at radius 1 is 1.22 bits per heavy atom. The van der Waals surface area contributed by atoms with E-state index in [1.54, 1.807) is 0 Å². The average Bonchev–Trinajstić information content (AvgIpc) is 2.41. The zero-order valence-corrected chi connectivity index (χ0v) is 11.6. The van der Waals surface area contributed by atoms with Crippen LogP contribution in [0.2, 0.25) is 0 Å². The van der Waals surface area contributed by atoms with Gasteiger partial charge in [-0.1, -0.05) is 38.0 Å². The third-order valence-electron chi connectivity index (χ3n) is 4.00. The smallest absolute Gasteiger partial charge is 0.119 e. The summed E-state index contributed by atoms with van der Waals surface area (Å²) in [7, 11) is 2.05. The zero-order valence-electron chi connectivity index (χ0n) is 11.6. The highest BCUT2D eigenvalue weighted by Gasteiger charge is 2.30. The molecule has 2 rings (SSSR count). The van der Waals surface area contributed by atoms with E-state index in [0.717, 1.165) is 11.7 Å². The molecule has 2 heteroatoms. The molecule has 1 fully saturated rings. The third-order valence-corrected chi connectivity index (χ3v) is 4.00. The predicted molar refractivity (Wildman–Crippen MR) is 76.0 cm³/mol. The van der Waals surface area contributed by atoms with Gasteiger partial charge < -0.3 is 10.1 Å². The van der Waals surface area contributed by atoms with Crippen LogP contribution >= 0.6 is 0 Å². The van der Waals surface area contributed by atoms with E-state index in [4.69, 9.17) is 4.74 Å². The number of hydrogen-bond acceptors (Lipinski definition) is 2. The first-order chi connectivity index (χ1) is 8.83. The minimum Gasteiger partial charge on any atom is -0.489 e. The Morgan fingerprint density at radius 2 is 2.00 bits per heavy atom. The lowest BCUT2D eigenvalue weighted by atomic mass is 9.81. The van der Waals surface area contributed by atoms with Gasteiger partial charge in [0.1, 0.15) is 11.9 Å². The molecule has 0 aromatic heterocycles. The molecule has 1 saturated carbocycles. The molecule has 3 unspecified atom stereocenters. The monoisotopic (exact) mass is 247 g/mol. The second-order valence-corrected chi connectivity index (χ2v) is 5.33. The minimum atomic E-state index is 0.322. The quantitative estimate of drug-likeness (QED) is 0.858. The van der Waals surface area contributed by atoms with Gasteiger partial charge in [0.15, 0.2) is 0 Å². The molecule has 0 bridgehead atoms. The van der Waals surface area contributed by atoms with Gasteiger partial charge in [0, 0.05) is 6.04 Å². The molecule has 2 nitrogen and oxygen atoms in total. The number of nitrogens with one attached hydrogen (secondary N) is 1. The maximum Gasteiger partial charge on any atom is 0.119 e. The van der Waals surface area contributed by atoms with Crippen molar-refractivity contribution >= 4 is 0 Å². The lowest BCUT2D eigenvalue weighted by Crippen LogP contribution is -2.45. The van der Waals surface area contributed by atoms with Gasteiger partial charge >= 0.3 is 0 Å². The van der Waals surface area contributed by atoms with Gasteiger partial charge in [-0.15, -0.1) is 0 Å². The number of ether oxygens (including phenoxy) is 1. The molecule has 1 aliphatic rings. The van der Waals surface area contributed by atoms with Crippen molar-refractivity contribution in [3.05, 3.63) is 30.3 Å². The van der Waals surface area contributed by atoms with Gasteiger partial charge in [-0.25, -0.2) is 0 Å². The van der Waals surface area contributed by atoms with Crippen LogP contribution in [0.3, 0.4) is 0 Å². The molecular formula is C16H25NO. The summed E-state index contributed by atoms with van der Waals surface area (Å²) < 4.78 is 6.17. The highest BCUT2D eigenvalue weighted by atomic mass is 16.5. The van der Waals surface area contributed by atoms with Crippen molar-refractivity contribution in [1.29, 1.82) is 0 Å². The molecule has 0 amide bonds. The molecule has 1 N–H and O–H groups in total. The second-order valence-electron chi connectivity index (χ2n) is 5.33. The summed E-state index contributed by atoms with van der Waals surface area (Å²) >= 11 is 0. The van der Waals surface area contributed by atoms with Gasteiger partial charge in [0.2, 0.25) is 0 Å². The maximum absolute atomic E-state index is 6.17. The van der Waals surface area contributed by atoms with E-state index in [-0.39, 0.29) is 0 Å². The normalized spacial score (nSPS) is 28.0. The lowest BCUT2D eigenvalue weighted by molar-refractivity contribution is 0.0866. The standard InChI is InChI=1S/C16H25NO/c1-3-7-13-10-11-15(17-2)16(12-13)18-14-8-5-4-6-9-14/h4-6,8-9,13,15-17H,3,7,10-12H2,1-2H3. The Labute approximate surface area is 111 Å². The number of benzene rings is 1. The summed E-state index contributed by atoms with van der Waals surface area (Å²) in [4.78, 5) is 0. The average molecular weight is 247 g/mol. The fourth-order valence-electron chi connectivity index (χ4n) is 3.02. The molecule has 1 aromatic rings. The van der Waals surface area contributed by atoms with E-state index in [1.165, 1.54) is 32.1 Å². The Hall–Kier alpha value is -1.02. The topological polar surface area (TPSA) is 21.3 Å². The van der Waals surface area contributed by atoms with Crippen molar-refractivity contribution in [2.75, 3.05) is 7.05 Å². The number of likely N-dealkylation sites (N-methyl/N-ethyl adjacent to an activating group) is 1. The van der Waals surface area contributed by atoms with Crippen LogP contribution in [0, 0.1) is 5.92 Å². The molecular weight excluding hydrogens is 222 g/mol. The van der Waals surface area contributed by atoms with Crippen LogP contribution < -0.4 is 10.1 Å². The molecule has 18 heavy (non-hydrogen) atoms. The van der Waals surface area contributed by atoms with Crippen LogP contribution in [0.5, 0.6) is 5.75 Å². The third kappa shape index (κ3) is 3.49.